The predicted octanol–water partition coefficient (Wildman–Crippen LogP) is 4.48. The SMILES string of the molecule is Cc1cccc(NC(=O)c2ccccc2NC(=O)COc2ccc(C)cc2[N+](=O)[O-])c1. The van der Waals surface area contributed by atoms with Crippen LogP contribution in [-0.4, -0.2) is 23.3 Å². The van der Waals surface area contributed by atoms with Crippen LogP contribution >= 0.6 is 0 Å². The lowest BCUT2D eigenvalue weighted by atomic mass is 10.1. The molecule has 0 atom stereocenters. The monoisotopic (exact) mass is 419 g/mol. The topological polar surface area (TPSA) is 111 Å². The van der Waals surface area contributed by atoms with Crippen LogP contribution in [0, 0.1) is 24.0 Å². The van der Waals surface area contributed by atoms with Crippen LogP contribution in [0.2, 0.25) is 0 Å². The molecule has 0 saturated heterocycles. The molecule has 3 aromatic carbocycles. The minimum atomic E-state index is -0.564. The van der Waals surface area contributed by atoms with Crippen LogP contribution in [0.25, 0.3) is 0 Å². The van der Waals surface area contributed by atoms with E-state index in [0.717, 1.165) is 5.56 Å². The Balaban J connectivity index is 1.69. The molecule has 0 saturated carbocycles. The van der Waals surface area contributed by atoms with Crippen molar-refractivity contribution in [3.05, 3.63) is 93.5 Å². The molecule has 8 heteroatoms. The summed E-state index contributed by atoms with van der Waals surface area (Å²) >= 11 is 0. The second-order valence-corrected chi connectivity index (χ2v) is 6.93. The van der Waals surface area contributed by atoms with Gasteiger partial charge in [0.1, 0.15) is 0 Å². The molecule has 0 aliphatic rings. The van der Waals surface area contributed by atoms with Crippen LogP contribution in [0.4, 0.5) is 17.1 Å². The smallest absolute Gasteiger partial charge is 0.311 e. The second kappa shape index (κ2) is 9.53. The maximum absolute atomic E-state index is 12.7. The van der Waals surface area contributed by atoms with Crippen LogP contribution in [-0.2, 0) is 4.79 Å². The van der Waals surface area contributed by atoms with E-state index in [9.17, 15) is 19.7 Å². The normalized spacial score (nSPS) is 10.3. The molecular formula is C23H21N3O5. The van der Waals surface area contributed by atoms with Gasteiger partial charge in [-0.05, 0) is 55.3 Å². The number of hydrogen-bond acceptors (Lipinski definition) is 5. The maximum Gasteiger partial charge on any atom is 0.311 e. The molecule has 3 rings (SSSR count). The summed E-state index contributed by atoms with van der Waals surface area (Å²) in [7, 11) is 0. The standard InChI is InChI=1S/C23H21N3O5/c1-15-6-5-7-17(12-15)24-23(28)18-8-3-4-9-19(18)25-22(27)14-31-21-11-10-16(2)13-20(21)26(29)30/h3-13H,14H2,1-2H3,(H,24,28)(H,25,27). The Hall–Kier alpha value is -4.20. The fourth-order valence-electron chi connectivity index (χ4n) is 2.93. The number of nitro groups is 1. The molecule has 31 heavy (non-hydrogen) atoms. The molecule has 0 radical (unpaired) electrons. The van der Waals surface area contributed by atoms with E-state index in [0.29, 0.717) is 16.9 Å². The minimum Gasteiger partial charge on any atom is -0.477 e. The summed E-state index contributed by atoms with van der Waals surface area (Å²) in [5.74, 6) is -0.932. The molecule has 0 heterocycles. The molecule has 0 aliphatic carbocycles. The molecule has 0 fully saturated rings. The van der Waals surface area contributed by atoms with Gasteiger partial charge >= 0.3 is 5.69 Å². The second-order valence-electron chi connectivity index (χ2n) is 6.93. The van der Waals surface area contributed by atoms with E-state index in [1.165, 1.54) is 12.1 Å². The molecule has 0 aliphatic heterocycles. The average molecular weight is 419 g/mol. The lowest BCUT2D eigenvalue weighted by molar-refractivity contribution is -0.385. The number of benzene rings is 3. The van der Waals surface area contributed by atoms with Gasteiger partial charge in [-0.15, -0.1) is 0 Å². The van der Waals surface area contributed by atoms with Gasteiger partial charge in [0, 0.05) is 11.8 Å². The molecule has 8 nitrogen and oxygen atoms in total. The van der Waals surface area contributed by atoms with Crippen molar-refractivity contribution >= 4 is 28.9 Å². The van der Waals surface area contributed by atoms with Gasteiger partial charge in [-0.1, -0.05) is 30.3 Å². The molecule has 0 aromatic heterocycles. The Morgan fingerprint density at radius 1 is 0.935 bits per heavy atom. The molecular weight excluding hydrogens is 398 g/mol. The first-order valence-electron chi connectivity index (χ1n) is 9.48. The van der Waals surface area contributed by atoms with Crippen molar-refractivity contribution in [2.45, 2.75) is 13.8 Å². The molecule has 3 aromatic rings. The summed E-state index contributed by atoms with van der Waals surface area (Å²) in [5.41, 5.74) is 2.71. The molecule has 0 bridgehead atoms. The Bertz CT molecular complexity index is 1140. The van der Waals surface area contributed by atoms with E-state index in [4.69, 9.17) is 4.74 Å². The van der Waals surface area contributed by atoms with Gasteiger partial charge < -0.3 is 15.4 Å². The van der Waals surface area contributed by atoms with Gasteiger partial charge in [-0.25, -0.2) is 0 Å². The zero-order chi connectivity index (χ0) is 22.4. The Labute approximate surface area is 179 Å². The number of rotatable bonds is 7. The number of aryl methyl sites for hydroxylation is 2. The van der Waals surface area contributed by atoms with E-state index in [1.54, 1.807) is 43.3 Å². The first-order chi connectivity index (χ1) is 14.8. The molecule has 0 spiro atoms. The van der Waals surface area contributed by atoms with Crippen LogP contribution < -0.4 is 15.4 Å². The van der Waals surface area contributed by atoms with Crippen molar-refractivity contribution in [3.63, 3.8) is 0 Å². The molecule has 158 valence electrons. The molecule has 2 amide bonds. The number of ether oxygens (including phenoxy) is 1. The van der Waals surface area contributed by atoms with Crippen LogP contribution in [0.1, 0.15) is 21.5 Å². The van der Waals surface area contributed by atoms with Gasteiger partial charge in [0.15, 0.2) is 12.4 Å². The predicted molar refractivity (Wildman–Crippen MR) is 118 cm³/mol. The zero-order valence-electron chi connectivity index (χ0n) is 17.0. The Morgan fingerprint density at radius 3 is 2.42 bits per heavy atom. The number of nitrogens with zero attached hydrogens (tertiary/aromatic N) is 1. The Kier molecular flexibility index (Phi) is 6.61. The van der Waals surface area contributed by atoms with Gasteiger partial charge in [0.25, 0.3) is 11.8 Å². The minimum absolute atomic E-state index is 0.00349. The number of nitrogens with one attached hydrogen (secondary N) is 2. The van der Waals surface area contributed by atoms with E-state index in [-0.39, 0.29) is 22.9 Å². The molecule has 2 N–H and O–H groups in total. The summed E-state index contributed by atoms with van der Waals surface area (Å²) in [6.07, 6.45) is 0. The summed E-state index contributed by atoms with van der Waals surface area (Å²) in [5, 5.41) is 16.6. The lowest BCUT2D eigenvalue weighted by Crippen LogP contribution is -2.23. The number of amides is 2. The number of carbonyl (C=O) groups is 2. The fourth-order valence-corrected chi connectivity index (χ4v) is 2.93. The number of para-hydroxylation sites is 1. The van der Waals surface area contributed by atoms with E-state index in [2.05, 4.69) is 10.6 Å². The average Bonchev–Trinajstić information content (AvgIpc) is 2.73. The zero-order valence-corrected chi connectivity index (χ0v) is 17.0. The van der Waals surface area contributed by atoms with E-state index >= 15 is 0 Å². The number of carbonyl (C=O) groups excluding carboxylic acids is 2. The molecule has 0 unspecified atom stereocenters. The summed E-state index contributed by atoms with van der Waals surface area (Å²) in [6.45, 7) is 3.20. The third-order valence-electron chi connectivity index (χ3n) is 4.39. The highest BCUT2D eigenvalue weighted by Gasteiger charge is 2.18. The van der Waals surface area contributed by atoms with Crippen molar-refractivity contribution < 1.29 is 19.2 Å². The highest BCUT2D eigenvalue weighted by molar-refractivity contribution is 6.10. The quantitative estimate of drug-likeness (QED) is 0.433. The fraction of sp³-hybridized carbons (Fsp3) is 0.130. The summed E-state index contributed by atoms with van der Waals surface area (Å²) in [6, 6.07) is 18.4. The summed E-state index contributed by atoms with van der Waals surface area (Å²) in [4.78, 5) is 35.7. The third-order valence-corrected chi connectivity index (χ3v) is 4.39. The highest BCUT2D eigenvalue weighted by Crippen LogP contribution is 2.27. The largest absolute Gasteiger partial charge is 0.477 e. The number of nitro benzene ring substituents is 1. The van der Waals surface area contributed by atoms with Gasteiger partial charge in [0.2, 0.25) is 0 Å². The van der Waals surface area contributed by atoms with E-state index < -0.39 is 17.4 Å². The van der Waals surface area contributed by atoms with Crippen molar-refractivity contribution in [1.82, 2.24) is 0 Å². The van der Waals surface area contributed by atoms with Crippen molar-refractivity contribution in [2.75, 3.05) is 17.2 Å². The third kappa shape index (κ3) is 5.66. The van der Waals surface area contributed by atoms with Crippen molar-refractivity contribution in [2.24, 2.45) is 0 Å². The highest BCUT2D eigenvalue weighted by atomic mass is 16.6. The van der Waals surface area contributed by atoms with E-state index in [1.807, 2.05) is 25.1 Å². The van der Waals surface area contributed by atoms with Crippen LogP contribution in [0.15, 0.2) is 66.7 Å². The first kappa shape index (κ1) is 21.5. The van der Waals surface area contributed by atoms with Crippen molar-refractivity contribution in [1.29, 1.82) is 0 Å². The number of anilines is 2. The summed E-state index contributed by atoms with van der Waals surface area (Å²) < 4.78 is 5.34. The van der Waals surface area contributed by atoms with Crippen LogP contribution in [0.3, 0.4) is 0 Å². The van der Waals surface area contributed by atoms with Gasteiger partial charge in [0.05, 0.1) is 16.2 Å². The Morgan fingerprint density at radius 2 is 1.68 bits per heavy atom. The lowest BCUT2D eigenvalue weighted by Gasteiger charge is -2.12. The van der Waals surface area contributed by atoms with Crippen molar-refractivity contribution in [3.8, 4) is 5.75 Å². The van der Waals surface area contributed by atoms with Gasteiger partial charge in [-0.2, -0.15) is 0 Å². The first-order valence-corrected chi connectivity index (χ1v) is 9.48. The van der Waals surface area contributed by atoms with Gasteiger partial charge in [-0.3, -0.25) is 19.7 Å². The maximum atomic E-state index is 12.7. The number of hydrogen-bond donors (Lipinski definition) is 2. The van der Waals surface area contributed by atoms with Crippen LogP contribution in [0.5, 0.6) is 5.75 Å².